The fourth-order valence-electron chi connectivity index (χ4n) is 2.75. The first-order chi connectivity index (χ1) is 14.7. The first-order valence-electron chi connectivity index (χ1n) is 9.06. The van der Waals surface area contributed by atoms with Crippen LogP contribution in [-0.4, -0.2) is 26.3 Å². The summed E-state index contributed by atoms with van der Waals surface area (Å²) in [7, 11) is -4.15. The number of esters is 1. The van der Waals surface area contributed by atoms with Crippen LogP contribution < -0.4 is 4.72 Å². The van der Waals surface area contributed by atoms with Gasteiger partial charge in [-0.15, -0.1) is 0 Å². The number of ketones is 1. The highest BCUT2D eigenvalue weighted by Crippen LogP contribution is 2.28. The Morgan fingerprint density at radius 2 is 1.58 bits per heavy atom. The molecule has 0 aliphatic heterocycles. The lowest BCUT2D eigenvalue weighted by molar-refractivity contribution is 0.0320. The van der Waals surface area contributed by atoms with E-state index in [1.165, 1.54) is 37.3 Å². The smallest absolute Gasteiger partial charge is 0.340 e. The predicted molar refractivity (Wildman–Crippen MR) is 119 cm³/mol. The lowest BCUT2D eigenvalue weighted by atomic mass is 10.1. The maximum Gasteiger partial charge on any atom is 0.340 e. The van der Waals surface area contributed by atoms with Crippen molar-refractivity contribution in [3.05, 3.63) is 94.0 Å². The Bertz CT molecular complexity index is 1230. The highest BCUT2D eigenvalue weighted by molar-refractivity contribution is 7.92. The Labute approximate surface area is 189 Å². The molecule has 31 heavy (non-hydrogen) atoms. The van der Waals surface area contributed by atoms with Crippen molar-refractivity contribution in [1.82, 2.24) is 0 Å². The maximum atomic E-state index is 12.8. The average Bonchev–Trinajstić information content (AvgIpc) is 2.75. The molecule has 0 aromatic heterocycles. The number of Topliss-reactive ketones (excluding diaryl/α,β-unsaturated/α-hetero) is 1. The minimum absolute atomic E-state index is 0.0251. The van der Waals surface area contributed by atoms with Gasteiger partial charge in [0, 0.05) is 10.6 Å². The molecule has 3 aromatic rings. The molecule has 0 fully saturated rings. The topological polar surface area (TPSA) is 89.5 Å². The van der Waals surface area contributed by atoms with E-state index in [1.54, 1.807) is 42.5 Å². The molecule has 0 saturated heterocycles. The molecule has 3 aromatic carbocycles. The van der Waals surface area contributed by atoms with Crippen molar-refractivity contribution in [2.75, 3.05) is 4.72 Å². The van der Waals surface area contributed by atoms with Gasteiger partial charge in [0.1, 0.15) is 4.90 Å². The van der Waals surface area contributed by atoms with Crippen molar-refractivity contribution in [2.45, 2.75) is 17.9 Å². The summed E-state index contributed by atoms with van der Waals surface area (Å²) in [5.74, 6) is -1.23. The monoisotopic (exact) mass is 477 g/mol. The van der Waals surface area contributed by atoms with Gasteiger partial charge in [-0.2, -0.15) is 0 Å². The van der Waals surface area contributed by atoms with E-state index in [-0.39, 0.29) is 32.0 Å². The zero-order valence-electron chi connectivity index (χ0n) is 16.2. The number of hydrogen-bond acceptors (Lipinski definition) is 5. The lowest BCUT2D eigenvalue weighted by Gasteiger charge is -2.16. The lowest BCUT2D eigenvalue weighted by Crippen LogP contribution is -2.25. The average molecular weight is 478 g/mol. The van der Waals surface area contributed by atoms with Crippen LogP contribution in [0.2, 0.25) is 10.0 Å². The summed E-state index contributed by atoms with van der Waals surface area (Å²) in [6.07, 6.45) is -1.07. The van der Waals surface area contributed by atoms with E-state index in [2.05, 4.69) is 4.72 Å². The van der Waals surface area contributed by atoms with Crippen LogP contribution in [0, 0.1) is 0 Å². The van der Waals surface area contributed by atoms with Crippen LogP contribution in [0.1, 0.15) is 27.6 Å². The molecule has 9 heteroatoms. The van der Waals surface area contributed by atoms with Gasteiger partial charge in [0.2, 0.25) is 5.78 Å². The summed E-state index contributed by atoms with van der Waals surface area (Å²) < 4.78 is 33.2. The van der Waals surface area contributed by atoms with Gasteiger partial charge >= 0.3 is 5.97 Å². The van der Waals surface area contributed by atoms with E-state index in [1.807, 2.05) is 0 Å². The molecule has 1 N–H and O–H groups in total. The number of carbonyl (C=O) groups is 2. The highest BCUT2D eigenvalue weighted by atomic mass is 35.5. The second kappa shape index (κ2) is 9.51. The first-order valence-corrected chi connectivity index (χ1v) is 11.3. The minimum Gasteiger partial charge on any atom is -0.451 e. The molecule has 0 aliphatic carbocycles. The number of carbonyl (C=O) groups excluding carboxylic acids is 2. The van der Waals surface area contributed by atoms with E-state index >= 15 is 0 Å². The fraction of sp³-hybridized carbons (Fsp3) is 0.0909. The van der Waals surface area contributed by atoms with E-state index in [9.17, 15) is 18.0 Å². The Hall–Kier alpha value is -2.87. The number of para-hydroxylation sites is 1. The van der Waals surface area contributed by atoms with Crippen LogP contribution in [0.15, 0.2) is 77.7 Å². The van der Waals surface area contributed by atoms with E-state index in [0.29, 0.717) is 5.56 Å². The summed E-state index contributed by atoms with van der Waals surface area (Å²) in [4.78, 5) is 24.9. The number of anilines is 1. The first kappa shape index (κ1) is 22.8. The molecule has 0 aliphatic rings. The van der Waals surface area contributed by atoms with Crippen molar-refractivity contribution >= 4 is 50.7 Å². The minimum atomic E-state index is -4.15. The number of hydrogen-bond donors (Lipinski definition) is 1. The van der Waals surface area contributed by atoms with Gasteiger partial charge < -0.3 is 4.74 Å². The third-order valence-electron chi connectivity index (χ3n) is 4.29. The van der Waals surface area contributed by atoms with Crippen molar-refractivity contribution in [1.29, 1.82) is 0 Å². The molecule has 0 spiro atoms. The largest absolute Gasteiger partial charge is 0.451 e. The second-order valence-electron chi connectivity index (χ2n) is 6.50. The van der Waals surface area contributed by atoms with Crippen molar-refractivity contribution in [3.63, 3.8) is 0 Å². The molecular formula is C22H17Cl2NO5S. The zero-order valence-corrected chi connectivity index (χ0v) is 18.5. The number of benzene rings is 3. The van der Waals surface area contributed by atoms with Gasteiger partial charge in [0.15, 0.2) is 6.10 Å². The van der Waals surface area contributed by atoms with Crippen LogP contribution in [0.4, 0.5) is 5.69 Å². The van der Waals surface area contributed by atoms with E-state index < -0.39 is 22.1 Å². The molecule has 0 unspecified atom stereocenters. The van der Waals surface area contributed by atoms with Crippen molar-refractivity contribution in [2.24, 2.45) is 0 Å². The molecule has 1 atom stereocenters. The van der Waals surface area contributed by atoms with E-state index in [4.69, 9.17) is 27.9 Å². The summed E-state index contributed by atoms with van der Waals surface area (Å²) in [6, 6.07) is 18.3. The maximum absolute atomic E-state index is 12.8. The van der Waals surface area contributed by atoms with Crippen LogP contribution in [-0.2, 0) is 14.8 Å². The molecular weight excluding hydrogens is 461 g/mol. The molecule has 0 radical (unpaired) electrons. The summed E-state index contributed by atoms with van der Waals surface area (Å²) in [5, 5.41) is 0.157. The second-order valence-corrected chi connectivity index (χ2v) is 9.00. The van der Waals surface area contributed by atoms with E-state index in [0.717, 1.165) is 0 Å². The molecule has 0 bridgehead atoms. The molecule has 0 amide bonds. The van der Waals surface area contributed by atoms with Crippen molar-refractivity contribution in [3.8, 4) is 0 Å². The number of sulfonamides is 1. The molecule has 6 nitrogen and oxygen atoms in total. The highest BCUT2D eigenvalue weighted by Gasteiger charge is 2.25. The van der Waals surface area contributed by atoms with Crippen LogP contribution >= 0.6 is 23.2 Å². The molecule has 0 saturated carbocycles. The SMILES string of the molecule is C[C@@H](OC(=O)c1ccccc1NS(=O)(=O)c1cc(Cl)ccc1Cl)C(=O)c1ccccc1. The summed E-state index contributed by atoms with van der Waals surface area (Å²) >= 11 is 11.9. The Balaban J connectivity index is 1.84. The Morgan fingerprint density at radius 1 is 0.935 bits per heavy atom. The van der Waals surface area contributed by atoms with Gasteiger partial charge in [-0.3, -0.25) is 9.52 Å². The van der Waals surface area contributed by atoms with Crippen molar-refractivity contribution < 1.29 is 22.7 Å². The van der Waals surface area contributed by atoms with Gasteiger partial charge in [-0.05, 0) is 37.3 Å². The summed E-state index contributed by atoms with van der Waals surface area (Å²) in [5.41, 5.74) is 0.312. The Morgan fingerprint density at radius 3 is 2.29 bits per heavy atom. The standard InChI is InChI=1S/C22H17Cl2NO5S/c1-14(21(26)15-7-3-2-4-8-15)30-22(27)17-9-5-6-10-19(17)25-31(28,29)20-13-16(23)11-12-18(20)24/h2-14,25H,1H3/t14-/m1/s1. The van der Waals surface area contributed by atoms with Gasteiger partial charge in [-0.25, -0.2) is 13.2 Å². The molecule has 3 rings (SSSR count). The normalized spacial score (nSPS) is 12.1. The van der Waals surface area contributed by atoms with Gasteiger partial charge in [-0.1, -0.05) is 65.7 Å². The summed E-state index contributed by atoms with van der Waals surface area (Å²) in [6.45, 7) is 1.45. The third kappa shape index (κ3) is 5.44. The Kier molecular flexibility index (Phi) is 7.00. The molecule has 160 valence electrons. The quantitative estimate of drug-likeness (QED) is 0.372. The number of rotatable bonds is 7. The number of ether oxygens (including phenoxy) is 1. The van der Waals surface area contributed by atoms with Gasteiger partial charge in [0.05, 0.1) is 16.3 Å². The zero-order chi connectivity index (χ0) is 22.6. The number of nitrogens with one attached hydrogen (secondary N) is 1. The predicted octanol–water partition coefficient (Wildman–Crippen LogP) is 5.22. The number of halogens is 2. The fourth-order valence-corrected chi connectivity index (χ4v) is 4.59. The van der Waals surface area contributed by atoms with Gasteiger partial charge in [0.25, 0.3) is 10.0 Å². The molecule has 0 heterocycles. The van der Waals surface area contributed by atoms with Crippen LogP contribution in [0.5, 0.6) is 0 Å². The third-order valence-corrected chi connectivity index (χ3v) is 6.37. The van der Waals surface area contributed by atoms with Crippen LogP contribution in [0.3, 0.4) is 0 Å². The van der Waals surface area contributed by atoms with Crippen LogP contribution in [0.25, 0.3) is 0 Å².